The van der Waals surface area contributed by atoms with Gasteiger partial charge in [-0.15, -0.1) is 0 Å². The van der Waals surface area contributed by atoms with E-state index in [1.807, 2.05) is 26.0 Å². The molecule has 0 saturated carbocycles. The van der Waals surface area contributed by atoms with Crippen molar-refractivity contribution in [2.24, 2.45) is 0 Å². The lowest BCUT2D eigenvalue weighted by Gasteiger charge is -2.27. The van der Waals surface area contributed by atoms with Gasteiger partial charge in [0.05, 0.1) is 6.54 Å². The van der Waals surface area contributed by atoms with Crippen molar-refractivity contribution in [2.45, 2.75) is 26.3 Å². The maximum absolute atomic E-state index is 10.9. The van der Waals surface area contributed by atoms with Gasteiger partial charge < -0.3 is 5.32 Å². The van der Waals surface area contributed by atoms with E-state index in [9.17, 15) is 4.79 Å². The van der Waals surface area contributed by atoms with Crippen LogP contribution in [0.25, 0.3) is 0 Å². The van der Waals surface area contributed by atoms with Crippen LogP contribution < -0.4 is 5.32 Å². The minimum atomic E-state index is -0.333. The van der Waals surface area contributed by atoms with Crippen molar-refractivity contribution in [1.29, 1.82) is 0 Å². The molecule has 2 nitrogen and oxygen atoms in total. The molecule has 0 aliphatic heterocycles. The van der Waals surface area contributed by atoms with Gasteiger partial charge in [-0.3, -0.25) is 4.79 Å². The van der Waals surface area contributed by atoms with Crippen molar-refractivity contribution in [3.05, 3.63) is 33.8 Å². The van der Waals surface area contributed by atoms with Crippen LogP contribution in [0.5, 0.6) is 0 Å². The molecule has 0 saturated heterocycles. The number of benzene rings is 1. The topological polar surface area (TPSA) is 29.1 Å². The van der Waals surface area contributed by atoms with E-state index >= 15 is 0 Å². The molecule has 0 aliphatic carbocycles. The van der Waals surface area contributed by atoms with Gasteiger partial charge in [0, 0.05) is 15.6 Å². The summed E-state index contributed by atoms with van der Waals surface area (Å²) >= 11 is 11.9. The predicted molar refractivity (Wildman–Crippen MR) is 68.2 cm³/mol. The molecule has 0 radical (unpaired) electrons. The highest BCUT2D eigenvalue weighted by Gasteiger charge is 2.20. The standard InChI is InChI=1S/C12H15Cl2NO/c1-8(16)7-15-12(2,3)9-4-10(13)6-11(14)5-9/h4-6,15H,7H2,1-3H3. The van der Waals surface area contributed by atoms with E-state index in [1.165, 1.54) is 0 Å². The number of rotatable bonds is 4. The largest absolute Gasteiger partial charge is 0.301 e. The lowest BCUT2D eigenvalue weighted by atomic mass is 9.94. The Hall–Kier alpha value is -0.570. The second kappa shape index (κ2) is 5.17. The molecule has 4 heteroatoms. The third kappa shape index (κ3) is 3.78. The molecule has 0 bridgehead atoms. The summed E-state index contributed by atoms with van der Waals surface area (Å²) in [6, 6.07) is 5.38. The zero-order valence-electron chi connectivity index (χ0n) is 9.60. The van der Waals surface area contributed by atoms with Crippen LogP contribution in [0.1, 0.15) is 26.3 Å². The zero-order chi connectivity index (χ0) is 12.3. The number of carbonyl (C=O) groups excluding carboxylic acids is 1. The second-order valence-electron chi connectivity index (χ2n) is 4.34. The predicted octanol–water partition coefficient (Wildman–Crippen LogP) is 3.41. The van der Waals surface area contributed by atoms with Gasteiger partial charge in [0.2, 0.25) is 0 Å². The molecule has 0 unspecified atom stereocenters. The van der Waals surface area contributed by atoms with E-state index in [4.69, 9.17) is 23.2 Å². The first kappa shape index (κ1) is 13.5. The Morgan fingerprint density at radius 1 is 1.25 bits per heavy atom. The molecule has 0 fully saturated rings. The summed E-state index contributed by atoms with van der Waals surface area (Å²) in [5.41, 5.74) is 0.631. The first-order chi connectivity index (χ1) is 7.31. The van der Waals surface area contributed by atoms with Crippen LogP contribution in [0.2, 0.25) is 10.0 Å². The fraction of sp³-hybridized carbons (Fsp3) is 0.417. The maximum Gasteiger partial charge on any atom is 0.143 e. The lowest BCUT2D eigenvalue weighted by Crippen LogP contribution is -2.39. The van der Waals surface area contributed by atoms with E-state index in [-0.39, 0.29) is 11.3 Å². The van der Waals surface area contributed by atoms with Crippen molar-refractivity contribution < 1.29 is 4.79 Å². The normalized spacial score (nSPS) is 11.6. The minimum Gasteiger partial charge on any atom is -0.301 e. The highest BCUT2D eigenvalue weighted by molar-refractivity contribution is 6.34. The van der Waals surface area contributed by atoms with Gasteiger partial charge in [-0.2, -0.15) is 0 Å². The van der Waals surface area contributed by atoms with E-state index in [0.29, 0.717) is 16.6 Å². The highest BCUT2D eigenvalue weighted by atomic mass is 35.5. The van der Waals surface area contributed by atoms with Gasteiger partial charge >= 0.3 is 0 Å². The number of hydrogen-bond acceptors (Lipinski definition) is 2. The van der Waals surface area contributed by atoms with Crippen LogP contribution in [0, 0.1) is 0 Å². The summed E-state index contributed by atoms with van der Waals surface area (Å²) in [5, 5.41) is 4.36. The number of ketones is 1. The van der Waals surface area contributed by atoms with Gasteiger partial charge in [-0.1, -0.05) is 23.2 Å². The Morgan fingerprint density at radius 3 is 2.19 bits per heavy atom. The van der Waals surface area contributed by atoms with Crippen LogP contribution >= 0.6 is 23.2 Å². The Labute approximate surface area is 106 Å². The van der Waals surface area contributed by atoms with Crippen LogP contribution in [-0.2, 0) is 10.3 Å². The number of hydrogen-bond donors (Lipinski definition) is 1. The third-order valence-electron chi connectivity index (χ3n) is 2.36. The summed E-state index contributed by atoms with van der Waals surface area (Å²) < 4.78 is 0. The molecule has 0 aromatic heterocycles. The van der Waals surface area contributed by atoms with E-state index in [2.05, 4.69) is 5.32 Å². The SMILES string of the molecule is CC(=O)CNC(C)(C)c1cc(Cl)cc(Cl)c1. The molecule has 1 aromatic carbocycles. The molecule has 0 amide bonds. The fourth-order valence-electron chi connectivity index (χ4n) is 1.36. The third-order valence-corrected chi connectivity index (χ3v) is 2.80. The molecule has 16 heavy (non-hydrogen) atoms. The molecule has 1 rings (SSSR count). The van der Waals surface area contributed by atoms with Crippen molar-refractivity contribution in [1.82, 2.24) is 5.32 Å². The maximum atomic E-state index is 10.9. The average Bonchev–Trinajstić information content (AvgIpc) is 2.13. The Kier molecular flexibility index (Phi) is 4.36. The van der Waals surface area contributed by atoms with Gasteiger partial charge in [-0.25, -0.2) is 0 Å². The quantitative estimate of drug-likeness (QED) is 0.898. The van der Waals surface area contributed by atoms with Crippen molar-refractivity contribution in [3.63, 3.8) is 0 Å². The molecular formula is C12H15Cl2NO. The summed E-state index contributed by atoms with van der Waals surface area (Å²) in [6.07, 6.45) is 0. The molecule has 88 valence electrons. The van der Waals surface area contributed by atoms with Gasteiger partial charge in [0.1, 0.15) is 5.78 Å². The van der Waals surface area contributed by atoms with Crippen LogP contribution in [0.4, 0.5) is 0 Å². The summed E-state index contributed by atoms with van der Waals surface area (Å²) in [4.78, 5) is 10.9. The molecule has 1 aromatic rings. The lowest BCUT2D eigenvalue weighted by molar-refractivity contribution is -0.116. The van der Waals surface area contributed by atoms with Crippen molar-refractivity contribution in [3.8, 4) is 0 Å². The van der Waals surface area contributed by atoms with Crippen molar-refractivity contribution >= 4 is 29.0 Å². The number of nitrogens with one attached hydrogen (secondary N) is 1. The number of Topliss-reactive ketones (excluding diaryl/α,β-unsaturated/α-hetero) is 1. The monoisotopic (exact) mass is 259 g/mol. The molecule has 0 atom stereocenters. The molecular weight excluding hydrogens is 245 g/mol. The molecule has 0 heterocycles. The van der Waals surface area contributed by atoms with E-state index in [0.717, 1.165) is 5.56 Å². The fourth-order valence-corrected chi connectivity index (χ4v) is 1.89. The van der Waals surface area contributed by atoms with E-state index in [1.54, 1.807) is 13.0 Å². The summed E-state index contributed by atoms with van der Waals surface area (Å²) in [5.74, 6) is 0.0983. The highest BCUT2D eigenvalue weighted by Crippen LogP contribution is 2.26. The van der Waals surface area contributed by atoms with Gasteiger partial charge in [-0.05, 0) is 44.5 Å². The number of halogens is 2. The Morgan fingerprint density at radius 2 is 1.75 bits per heavy atom. The second-order valence-corrected chi connectivity index (χ2v) is 5.21. The van der Waals surface area contributed by atoms with Gasteiger partial charge in [0.25, 0.3) is 0 Å². The molecule has 0 spiro atoms. The van der Waals surface area contributed by atoms with Crippen LogP contribution in [0.3, 0.4) is 0 Å². The molecule has 1 N–H and O–H groups in total. The first-order valence-corrected chi connectivity index (χ1v) is 5.78. The van der Waals surface area contributed by atoms with Crippen molar-refractivity contribution in [2.75, 3.05) is 6.54 Å². The zero-order valence-corrected chi connectivity index (χ0v) is 11.1. The van der Waals surface area contributed by atoms with Gasteiger partial charge in [0.15, 0.2) is 0 Å². The molecule has 0 aliphatic rings. The first-order valence-electron chi connectivity index (χ1n) is 5.02. The summed E-state index contributed by atoms with van der Waals surface area (Å²) in [7, 11) is 0. The Bertz CT molecular complexity index is 382. The van der Waals surface area contributed by atoms with Crippen LogP contribution in [0.15, 0.2) is 18.2 Å². The average molecular weight is 260 g/mol. The number of carbonyl (C=O) groups is 1. The van der Waals surface area contributed by atoms with E-state index < -0.39 is 0 Å². The smallest absolute Gasteiger partial charge is 0.143 e. The minimum absolute atomic E-state index is 0.0983. The Balaban J connectivity index is 2.92. The van der Waals surface area contributed by atoms with Crippen LogP contribution in [-0.4, -0.2) is 12.3 Å². The summed E-state index contributed by atoms with van der Waals surface area (Å²) in [6.45, 7) is 5.85.